The van der Waals surface area contributed by atoms with Gasteiger partial charge in [0.25, 0.3) is 0 Å². The zero-order valence-corrected chi connectivity index (χ0v) is 26.4. The summed E-state index contributed by atoms with van der Waals surface area (Å²) in [6, 6.07) is 55.0. The summed E-state index contributed by atoms with van der Waals surface area (Å²) in [7, 11) is 0. The van der Waals surface area contributed by atoms with Gasteiger partial charge in [0, 0.05) is 37.8 Å². The number of benzene rings is 7. The molecule has 10 rings (SSSR count). The minimum Gasteiger partial charge on any atom is -0.456 e. The van der Waals surface area contributed by atoms with Crippen LogP contribution in [0, 0.1) is 0 Å². The molecule has 0 radical (unpaired) electrons. The van der Waals surface area contributed by atoms with Crippen molar-refractivity contribution in [2.45, 2.75) is 0 Å². The summed E-state index contributed by atoms with van der Waals surface area (Å²) in [5, 5.41) is 4.58. The van der Waals surface area contributed by atoms with E-state index in [9.17, 15) is 0 Å². The van der Waals surface area contributed by atoms with Crippen LogP contribution in [0.3, 0.4) is 0 Å². The van der Waals surface area contributed by atoms with Crippen LogP contribution in [-0.2, 0) is 0 Å². The largest absolute Gasteiger partial charge is 0.456 e. The summed E-state index contributed by atoms with van der Waals surface area (Å²) < 4.78 is 15.1. The summed E-state index contributed by atoms with van der Waals surface area (Å²) in [5.74, 6) is 0.609. The maximum absolute atomic E-state index is 6.39. The molecule has 0 fully saturated rings. The van der Waals surface area contributed by atoms with Crippen LogP contribution < -0.4 is 4.90 Å². The van der Waals surface area contributed by atoms with Gasteiger partial charge in [-0.1, -0.05) is 84.9 Å². The van der Waals surface area contributed by atoms with Gasteiger partial charge in [0.15, 0.2) is 5.58 Å². The fraction of sp³-hybridized carbons (Fsp3) is 0. The molecule has 0 N–H and O–H groups in total. The second-order valence-electron chi connectivity index (χ2n) is 12.0. The molecule has 3 heterocycles. The molecule has 226 valence electrons. The van der Waals surface area contributed by atoms with Crippen LogP contribution in [0.15, 0.2) is 167 Å². The number of thiophene rings is 1. The second-order valence-corrected chi connectivity index (χ2v) is 13.0. The molecular formula is C43H26N2O2S. The molecule has 0 saturated heterocycles. The summed E-state index contributed by atoms with van der Waals surface area (Å²) in [4.78, 5) is 7.25. The summed E-state index contributed by atoms with van der Waals surface area (Å²) in [6.45, 7) is 0. The van der Waals surface area contributed by atoms with Gasteiger partial charge in [-0.2, -0.15) is 0 Å². The Morgan fingerprint density at radius 3 is 2.04 bits per heavy atom. The zero-order chi connectivity index (χ0) is 31.6. The molecule has 48 heavy (non-hydrogen) atoms. The zero-order valence-electron chi connectivity index (χ0n) is 25.6. The second kappa shape index (κ2) is 10.7. The Balaban J connectivity index is 1.06. The standard InChI is InChI=1S/C43H26N2O2S/c1-3-10-28(11-4-1)43-44-41-37(47-43)25-24-36-40(41)34-23-20-29(26-38(34)46-36)27-18-21-31(22-19-27)45(30-12-5-2-6-13-30)35-16-9-15-33-32-14-7-8-17-39(32)48-42(33)35/h1-26H. The van der Waals surface area contributed by atoms with Gasteiger partial charge in [-0.3, -0.25) is 0 Å². The van der Waals surface area contributed by atoms with Gasteiger partial charge >= 0.3 is 0 Å². The third-order valence-electron chi connectivity index (χ3n) is 9.11. The highest BCUT2D eigenvalue weighted by Gasteiger charge is 2.19. The number of oxazole rings is 1. The minimum absolute atomic E-state index is 0.609. The lowest BCUT2D eigenvalue weighted by atomic mass is 10.0. The average molecular weight is 635 g/mol. The molecule has 0 unspecified atom stereocenters. The molecule has 10 aromatic rings. The first-order valence-electron chi connectivity index (χ1n) is 16.0. The van der Waals surface area contributed by atoms with Crippen LogP contribution in [0.25, 0.3) is 75.8 Å². The maximum Gasteiger partial charge on any atom is 0.227 e. The number of furan rings is 1. The normalized spacial score (nSPS) is 11.8. The number of nitrogens with zero attached hydrogens (tertiary/aromatic N) is 2. The van der Waals surface area contributed by atoms with E-state index in [1.54, 1.807) is 0 Å². The van der Waals surface area contributed by atoms with E-state index in [0.717, 1.165) is 61.1 Å². The quantitative estimate of drug-likeness (QED) is 0.189. The predicted molar refractivity (Wildman–Crippen MR) is 200 cm³/mol. The van der Waals surface area contributed by atoms with Crippen molar-refractivity contribution < 1.29 is 8.83 Å². The van der Waals surface area contributed by atoms with Crippen molar-refractivity contribution in [1.29, 1.82) is 0 Å². The molecule has 0 amide bonds. The molecule has 0 atom stereocenters. The summed E-state index contributed by atoms with van der Waals surface area (Å²) in [5.41, 5.74) is 9.74. The average Bonchev–Trinajstić information content (AvgIpc) is 3.86. The molecule has 0 aliphatic rings. The van der Waals surface area contributed by atoms with Gasteiger partial charge in [0.1, 0.15) is 16.7 Å². The number of hydrogen-bond acceptors (Lipinski definition) is 5. The Morgan fingerprint density at radius 1 is 0.479 bits per heavy atom. The monoisotopic (exact) mass is 634 g/mol. The lowest BCUT2D eigenvalue weighted by Crippen LogP contribution is -2.09. The minimum atomic E-state index is 0.609. The molecule has 0 aliphatic heterocycles. The topological polar surface area (TPSA) is 42.4 Å². The van der Waals surface area contributed by atoms with Crippen molar-refractivity contribution in [1.82, 2.24) is 4.98 Å². The smallest absolute Gasteiger partial charge is 0.227 e. The van der Waals surface area contributed by atoms with Gasteiger partial charge in [0.2, 0.25) is 5.89 Å². The number of para-hydroxylation sites is 1. The Morgan fingerprint density at radius 2 is 1.19 bits per heavy atom. The molecule has 0 saturated carbocycles. The number of aromatic nitrogens is 1. The molecule has 0 aliphatic carbocycles. The van der Waals surface area contributed by atoms with Crippen LogP contribution in [0.2, 0.25) is 0 Å². The maximum atomic E-state index is 6.39. The Hall–Kier alpha value is -6.17. The van der Waals surface area contributed by atoms with E-state index in [4.69, 9.17) is 13.8 Å². The highest BCUT2D eigenvalue weighted by Crippen LogP contribution is 2.45. The Labute approximate surface area is 279 Å². The molecular weight excluding hydrogens is 609 g/mol. The Kier molecular flexibility index (Phi) is 6.01. The molecule has 3 aromatic heterocycles. The van der Waals surface area contributed by atoms with E-state index in [1.165, 1.54) is 25.9 Å². The van der Waals surface area contributed by atoms with Crippen molar-refractivity contribution in [3.05, 3.63) is 158 Å². The van der Waals surface area contributed by atoms with E-state index < -0.39 is 0 Å². The summed E-state index contributed by atoms with van der Waals surface area (Å²) >= 11 is 1.85. The van der Waals surface area contributed by atoms with Gasteiger partial charge in [-0.05, 0) is 83.9 Å². The van der Waals surface area contributed by atoms with Gasteiger partial charge in [-0.25, -0.2) is 4.98 Å². The van der Waals surface area contributed by atoms with Gasteiger partial charge in [-0.15, -0.1) is 11.3 Å². The van der Waals surface area contributed by atoms with Crippen LogP contribution in [0.1, 0.15) is 0 Å². The number of anilines is 3. The molecule has 0 spiro atoms. The van der Waals surface area contributed by atoms with E-state index >= 15 is 0 Å². The van der Waals surface area contributed by atoms with Crippen molar-refractivity contribution in [2.75, 3.05) is 4.90 Å². The van der Waals surface area contributed by atoms with Gasteiger partial charge in [0.05, 0.1) is 15.8 Å². The SMILES string of the molecule is c1ccc(-c2nc3c(ccc4oc5cc(-c6ccc(N(c7ccccc7)c7cccc8c7sc7ccccc78)cc6)ccc5c43)o2)cc1. The predicted octanol–water partition coefficient (Wildman–Crippen LogP) is 12.9. The van der Waals surface area contributed by atoms with Crippen LogP contribution in [0.5, 0.6) is 0 Å². The molecule has 5 heteroatoms. The summed E-state index contributed by atoms with van der Waals surface area (Å²) in [6.07, 6.45) is 0. The first-order chi connectivity index (χ1) is 23.8. The highest BCUT2D eigenvalue weighted by atomic mass is 32.1. The lowest BCUT2D eigenvalue weighted by molar-refractivity contribution is 0.619. The van der Waals surface area contributed by atoms with Crippen LogP contribution in [0.4, 0.5) is 17.1 Å². The Bertz CT molecular complexity index is 2780. The molecule has 7 aromatic carbocycles. The van der Waals surface area contributed by atoms with Crippen LogP contribution >= 0.6 is 11.3 Å². The van der Waals surface area contributed by atoms with Crippen molar-refractivity contribution >= 4 is 81.6 Å². The van der Waals surface area contributed by atoms with E-state index in [-0.39, 0.29) is 0 Å². The fourth-order valence-electron chi connectivity index (χ4n) is 6.85. The van der Waals surface area contributed by atoms with E-state index in [2.05, 4.69) is 120 Å². The molecule has 4 nitrogen and oxygen atoms in total. The van der Waals surface area contributed by atoms with E-state index in [0.29, 0.717) is 5.89 Å². The third kappa shape index (κ3) is 4.25. The number of rotatable bonds is 5. The highest BCUT2D eigenvalue weighted by molar-refractivity contribution is 7.26. The van der Waals surface area contributed by atoms with Gasteiger partial charge < -0.3 is 13.7 Å². The number of fused-ring (bicyclic) bond motifs is 8. The van der Waals surface area contributed by atoms with E-state index in [1.807, 2.05) is 53.8 Å². The van der Waals surface area contributed by atoms with Crippen molar-refractivity contribution in [3.8, 4) is 22.6 Å². The van der Waals surface area contributed by atoms with Crippen LogP contribution in [-0.4, -0.2) is 4.98 Å². The first kappa shape index (κ1) is 27.0. The first-order valence-corrected chi connectivity index (χ1v) is 16.8. The lowest BCUT2D eigenvalue weighted by Gasteiger charge is -2.26. The van der Waals surface area contributed by atoms with Crippen molar-refractivity contribution in [3.63, 3.8) is 0 Å². The fourth-order valence-corrected chi connectivity index (χ4v) is 8.06. The third-order valence-corrected chi connectivity index (χ3v) is 10.3. The number of hydrogen-bond donors (Lipinski definition) is 0. The molecule has 0 bridgehead atoms. The van der Waals surface area contributed by atoms with Crippen molar-refractivity contribution in [2.24, 2.45) is 0 Å².